The van der Waals surface area contributed by atoms with Gasteiger partial charge in [-0.2, -0.15) is 0 Å². The fourth-order valence-corrected chi connectivity index (χ4v) is 3.05. The quantitative estimate of drug-likeness (QED) is 0.859. The third kappa shape index (κ3) is 3.53. The number of hydrogen-bond donors (Lipinski definition) is 1. The van der Waals surface area contributed by atoms with Gasteiger partial charge in [-0.25, -0.2) is 4.68 Å². The van der Waals surface area contributed by atoms with Crippen molar-refractivity contribution in [1.82, 2.24) is 25.5 Å². The van der Waals surface area contributed by atoms with E-state index in [2.05, 4.69) is 46.3 Å². The molecule has 3 atom stereocenters. The molecule has 108 valence electrons. The van der Waals surface area contributed by atoms with Crippen molar-refractivity contribution in [1.29, 1.82) is 0 Å². The maximum atomic E-state index is 4.25. The summed E-state index contributed by atoms with van der Waals surface area (Å²) in [5.74, 6) is 1.84. The number of nitrogens with one attached hydrogen (secondary N) is 1. The first-order chi connectivity index (χ1) is 9.26. The van der Waals surface area contributed by atoms with Gasteiger partial charge in [-0.1, -0.05) is 33.1 Å². The summed E-state index contributed by atoms with van der Waals surface area (Å²) in [5.41, 5.74) is 0. The Kier molecular flexibility index (Phi) is 5.31. The summed E-state index contributed by atoms with van der Waals surface area (Å²) >= 11 is 0. The van der Waals surface area contributed by atoms with Crippen LogP contribution in [-0.2, 0) is 0 Å². The van der Waals surface area contributed by atoms with Crippen LogP contribution in [0.3, 0.4) is 0 Å². The summed E-state index contributed by atoms with van der Waals surface area (Å²) in [6.07, 6.45) is 7.53. The molecule has 1 heterocycles. The van der Waals surface area contributed by atoms with Gasteiger partial charge >= 0.3 is 0 Å². The minimum atomic E-state index is 0.233. The normalized spacial score (nSPS) is 25.4. The SMILES string of the molecule is CCCNC(C)c1nnnn1C1CCCC(CC)C1. The van der Waals surface area contributed by atoms with E-state index >= 15 is 0 Å². The minimum absolute atomic E-state index is 0.233. The maximum absolute atomic E-state index is 4.25. The van der Waals surface area contributed by atoms with Crippen molar-refractivity contribution in [3.8, 4) is 0 Å². The van der Waals surface area contributed by atoms with Gasteiger partial charge in [-0.05, 0) is 49.1 Å². The van der Waals surface area contributed by atoms with Crippen LogP contribution in [0.5, 0.6) is 0 Å². The molecular formula is C14H27N5. The van der Waals surface area contributed by atoms with Crippen LogP contribution in [0.4, 0.5) is 0 Å². The Morgan fingerprint density at radius 3 is 2.95 bits per heavy atom. The molecule has 0 bridgehead atoms. The third-order valence-electron chi connectivity index (χ3n) is 4.28. The van der Waals surface area contributed by atoms with E-state index in [1.807, 2.05) is 0 Å². The predicted molar refractivity (Wildman–Crippen MR) is 75.8 cm³/mol. The maximum Gasteiger partial charge on any atom is 0.168 e. The Labute approximate surface area is 116 Å². The average Bonchev–Trinajstić information content (AvgIpc) is 2.94. The Morgan fingerprint density at radius 2 is 2.21 bits per heavy atom. The van der Waals surface area contributed by atoms with Crippen LogP contribution in [0, 0.1) is 5.92 Å². The predicted octanol–water partition coefficient (Wildman–Crippen LogP) is 2.88. The van der Waals surface area contributed by atoms with E-state index in [-0.39, 0.29) is 6.04 Å². The number of nitrogens with zero attached hydrogens (tertiary/aromatic N) is 4. The van der Waals surface area contributed by atoms with Crippen LogP contribution >= 0.6 is 0 Å². The second kappa shape index (κ2) is 6.98. The summed E-state index contributed by atoms with van der Waals surface area (Å²) in [6.45, 7) is 7.63. The average molecular weight is 265 g/mol. The van der Waals surface area contributed by atoms with Crippen LogP contribution in [0.2, 0.25) is 0 Å². The molecule has 0 radical (unpaired) electrons. The molecule has 1 N–H and O–H groups in total. The van der Waals surface area contributed by atoms with Gasteiger partial charge in [0.25, 0.3) is 0 Å². The lowest BCUT2D eigenvalue weighted by Gasteiger charge is -2.29. The van der Waals surface area contributed by atoms with Gasteiger partial charge in [0.05, 0.1) is 12.1 Å². The van der Waals surface area contributed by atoms with Crippen LogP contribution in [-0.4, -0.2) is 26.8 Å². The molecule has 0 spiro atoms. The first-order valence-corrected chi connectivity index (χ1v) is 7.77. The lowest BCUT2D eigenvalue weighted by Crippen LogP contribution is -2.27. The topological polar surface area (TPSA) is 55.6 Å². The molecule has 1 aliphatic carbocycles. The molecular weight excluding hydrogens is 238 g/mol. The zero-order valence-corrected chi connectivity index (χ0v) is 12.5. The molecule has 2 rings (SSSR count). The van der Waals surface area contributed by atoms with Gasteiger partial charge in [-0.3, -0.25) is 0 Å². The lowest BCUT2D eigenvalue weighted by atomic mass is 9.84. The highest BCUT2D eigenvalue weighted by atomic mass is 15.6. The van der Waals surface area contributed by atoms with Crippen molar-refractivity contribution in [2.45, 2.75) is 71.4 Å². The van der Waals surface area contributed by atoms with E-state index in [0.717, 1.165) is 24.7 Å². The summed E-state index contributed by atoms with van der Waals surface area (Å²) < 4.78 is 2.08. The monoisotopic (exact) mass is 265 g/mol. The smallest absolute Gasteiger partial charge is 0.168 e. The zero-order valence-electron chi connectivity index (χ0n) is 12.5. The fraction of sp³-hybridized carbons (Fsp3) is 0.929. The molecule has 0 amide bonds. The molecule has 0 aliphatic heterocycles. The molecule has 1 fully saturated rings. The van der Waals surface area contributed by atoms with Gasteiger partial charge in [0.1, 0.15) is 0 Å². The van der Waals surface area contributed by atoms with Gasteiger partial charge in [-0.15, -0.1) is 5.10 Å². The van der Waals surface area contributed by atoms with Gasteiger partial charge in [0, 0.05) is 0 Å². The highest BCUT2D eigenvalue weighted by Gasteiger charge is 2.26. The van der Waals surface area contributed by atoms with Crippen LogP contribution < -0.4 is 5.32 Å². The fourth-order valence-electron chi connectivity index (χ4n) is 3.05. The standard InChI is InChI=1S/C14H27N5/c1-4-9-15-11(3)14-16-17-18-19(14)13-8-6-7-12(5-2)10-13/h11-13,15H,4-10H2,1-3H3. The molecule has 5 heteroatoms. The molecule has 0 saturated heterocycles. The number of hydrogen-bond acceptors (Lipinski definition) is 4. The van der Waals surface area contributed by atoms with Crippen LogP contribution in [0.15, 0.2) is 0 Å². The summed E-state index contributed by atoms with van der Waals surface area (Å²) in [4.78, 5) is 0. The lowest BCUT2D eigenvalue weighted by molar-refractivity contribution is 0.237. The van der Waals surface area contributed by atoms with Crippen molar-refractivity contribution in [3.05, 3.63) is 5.82 Å². The number of aromatic nitrogens is 4. The molecule has 5 nitrogen and oxygen atoms in total. The first-order valence-electron chi connectivity index (χ1n) is 7.77. The molecule has 0 aromatic carbocycles. The van der Waals surface area contributed by atoms with Gasteiger partial charge in [0.2, 0.25) is 0 Å². The molecule has 19 heavy (non-hydrogen) atoms. The van der Waals surface area contributed by atoms with E-state index in [1.165, 1.54) is 32.1 Å². The summed E-state index contributed by atoms with van der Waals surface area (Å²) in [6, 6.07) is 0.728. The van der Waals surface area contributed by atoms with Gasteiger partial charge < -0.3 is 5.32 Å². The number of rotatable bonds is 6. The zero-order chi connectivity index (χ0) is 13.7. The second-order valence-corrected chi connectivity index (χ2v) is 5.75. The van der Waals surface area contributed by atoms with E-state index in [0.29, 0.717) is 6.04 Å². The van der Waals surface area contributed by atoms with Crippen molar-refractivity contribution in [2.75, 3.05) is 6.54 Å². The van der Waals surface area contributed by atoms with Gasteiger partial charge in [0.15, 0.2) is 5.82 Å². The Morgan fingerprint density at radius 1 is 1.37 bits per heavy atom. The Hall–Kier alpha value is -0.970. The highest BCUT2D eigenvalue weighted by molar-refractivity contribution is 4.93. The second-order valence-electron chi connectivity index (χ2n) is 5.75. The largest absolute Gasteiger partial charge is 0.307 e. The van der Waals surface area contributed by atoms with E-state index < -0.39 is 0 Å². The van der Waals surface area contributed by atoms with E-state index in [1.54, 1.807) is 0 Å². The van der Waals surface area contributed by atoms with Crippen molar-refractivity contribution < 1.29 is 0 Å². The highest BCUT2D eigenvalue weighted by Crippen LogP contribution is 2.34. The first kappa shape index (κ1) is 14.4. The number of tetrazole rings is 1. The van der Waals surface area contributed by atoms with Crippen LogP contribution in [0.25, 0.3) is 0 Å². The van der Waals surface area contributed by atoms with Crippen molar-refractivity contribution in [2.24, 2.45) is 5.92 Å². The third-order valence-corrected chi connectivity index (χ3v) is 4.28. The molecule has 1 aliphatic rings. The molecule has 1 saturated carbocycles. The molecule has 3 unspecified atom stereocenters. The van der Waals surface area contributed by atoms with E-state index in [9.17, 15) is 0 Å². The Balaban J connectivity index is 2.05. The molecule has 1 aromatic rings. The van der Waals surface area contributed by atoms with Crippen LogP contribution in [0.1, 0.15) is 77.2 Å². The Bertz CT molecular complexity index is 376. The molecule has 1 aromatic heterocycles. The van der Waals surface area contributed by atoms with Crippen molar-refractivity contribution >= 4 is 0 Å². The summed E-state index contributed by atoms with van der Waals surface area (Å²) in [5, 5.41) is 15.9. The minimum Gasteiger partial charge on any atom is -0.307 e. The van der Waals surface area contributed by atoms with Crippen molar-refractivity contribution in [3.63, 3.8) is 0 Å². The summed E-state index contributed by atoms with van der Waals surface area (Å²) in [7, 11) is 0. The van der Waals surface area contributed by atoms with E-state index in [4.69, 9.17) is 0 Å².